The van der Waals surface area contributed by atoms with Gasteiger partial charge in [-0.15, -0.1) is 0 Å². The van der Waals surface area contributed by atoms with Crippen LogP contribution in [-0.4, -0.2) is 4.98 Å². The number of aromatic nitrogens is 1. The second-order valence-electron chi connectivity index (χ2n) is 3.63. The molecule has 0 bridgehead atoms. The summed E-state index contributed by atoms with van der Waals surface area (Å²) < 4.78 is 5.08. The zero-order chi connectivity index (χ0) is 11.0. The van der Waals surface area contributed by atoms with Crippen LogP contribution in [0.1, 0.15) is 25.7 Å². The van der Waals surface area contributed by atoms with E-state index < -0.39 is 0 Å². The fraction of sp³-hybridized carbons (Fsp3) is 0.273. The van der Waals surface area contributed by atoms with Crippen molar-refractivity contribution in [3.63, 3.8) is 0 Å². The van der Waals surface area contributed by atoms with E-state index in [4.69, 9.17) is 16.0 Å². The van der Waals surface area contributed by atoms with Crippen LogP contribution in [0.5, 0.6) is 0 Å². The maximum Gasteiger partial charge on any atom is 0.346 e. The van der Waals surface area contributed by atoms with Gasteiger partial charge in [0, 0.05) is 5.92 Å². The van der Waals surface area contributed by atoms with Crippen LogP contribution in [0.4, 0.5) is 0 Å². The van der Waals surface area contributed by atoms with E-state index in [1.807, 2.05) is 13.8 Å². The molecule has 1 aromatic heterocycles. The predicted octanol–water partition coefficient (Wildman–Crippen LogP) is 2.96. The average Bonchev–Trinajstić information content (AvgIpc) is 2.19. The van der Waals surface area contributed by atoms with Crippen LogP contribution in [0.3, 0.4) is 0 Å². The highest BCUT2D eigenvalue weighted by Gasteiger charge is 2.10. The molecule has 0 amide bonds. The zero-order valence-electron chi connectivity index (χ0n) is 8.45. The molecule has 4 heteroatoms. The van der Waals surface area contributed by atoms with Crippen LogP contribution < -0.4 is 5.63 Å². The average molecular weight is 224 g/mol. The Morgan fingerprint density at radius 1 is 1.40 bits per heavy atom. The maximum absolute atomic E-state index is 11.6. The van der Waals surface area contributed by atoms with Crippen LogP contribution in [-0.2, 0) is 0 Å². The van der Waals surface area contributed by atoms with Gasteiger partial charge in [-0.1, -0.05) is 31.5 Å². The van der Waals surface area contributed by atoms with Gasteiger partial charge in [-0.3, -0.25) is 0 Å². The smallest absolute Gasteiger partial charge is 0.346 e. The van der Waals surface area contributed by atoms with Crippen molar-refractivity contribution < 1.29 is 4.42 Å². The van der Waals surface area contributed by atoms with Crippen LogP contribution in [0.2, 0.25) is 5.02 Å². The monoisotopic (exact) mass is 223 g/mol. The molecule has 0 saturated heterocycles. The Morgan fingerprint density at radius 3 is 2.80 bits per heavy atom. The molecule has 2 rings (SSSR count). The van der Waals surface area contributed by atoms with Crippen molar-refractivity contribution in [2.24, 2.45) is 0 Å². The number of hydrogen-bond donors (Lipinski definition) is 0. The maximum atomic E-state index is 11.6. The van der Waals surface area contributed by atoms with E-state index in [1.165, 1.54) is 0 Å². The number of hydrogen-bond acceptors (Lipinski definition) is 3. The van der Waals surface area contributed by atoms with Crippen molar-refractivity contribution in [3.8, 4) is 0 Å². The van der Waals surface area contributed by atoms with E-state index >= 15 is 0 Å². The highest BCUT2D eigenvalue weighted by molar-refractivity contribution is 6.34. The Morgan fingerprint density at radius 2 is 2.13 bits per heavy atom. The molecule has 0 spiro atoms. The summed E-state index contributed by atoms with van der Waals surface area (Å²) in [7, 11) is 0. The Bertz CT molecular complexity index is 560. The lowest BCUT2D eigenvalue weighted by Gasteiger charge is -2.04. The summed E-state index contributed by atoms with van der Waals surface area (Å²) in [5.41, 5.74) is 0.130. The number of halogens is 1. The predicted molar refractivity (Wildman–Crippen MR) is 59.4 cm³/mol. The molecule has 1 aromatic carbocycles. The minimum atomic E-state index is -0.383. The molecule has 3 nitrogen and oxygen atoms in total. The van der Waals surface area contributed by atoms with Crippen LogP contribution >= 0.6 is 11.6 Å². The van der Waals surface area contributed by atoms with Gasteiger partial charge in [0.25, 0.3) is 0 Å². The topological polar surface area (TPSA) is 43.1 Å². The standard InChI is InChI=1S/C11H10ClNO2/c1-6(2)10-13-9-7(11(14)15-10)4-3-5-8(9)12/h3-6H,1-2H3. The number of rotatable bonds is 1. The van der Waals surface area contributed by atoms with E-state index in [-0.39, 0.29) is 11.5 Å². The van der Waals surface area contributed by atoms with Crippen molar-refractivity contribution in [1.29, 1.82) is 0 Å². The second kappa shape index (κ2) is 3.66. The Hall–Kier alpha value is -1.35. The number of benzene rings is 1. The molecule has 15 heavy (non-hydrogen) atoms. The first-order valence-electron chi connectivity index (χ1n) is 4.69. The molecule has 0 radical (unpaired) electrons. The van der Waals surface area contributed by atoms with Gasteiger partial charge < -0.3 is 4.42 Å². The first-order chi connectivity index (χ1) is 7.09. The molecule has 0 saturated carbocycles. The van der Waals surface area contributed by atoms with E-state index in [9.17, 15) is 4.79 Å². The summed E-state index contributed by atoms with van der Waals surface area (Å²) in [5, 5.41) is 0.897. The minimum absolute atomic E-state index is 0.0679. The van der Waals surface area contributed by atoms with Crippen LogP contribution in [0.25, 0.3) is 10.9 Å². The first kappa shape index (κ1) is 10.2. The quantitative estimate of drug-likeness (QED) is 0.747. The normalized spacial score (nSPS) is 11.2. The minimum Gasteiger partial charge on any atom is -0.408 e. The molecule has 0 atom stereocenters. The first-order valence-corrected chi connectivity index (χ1v) is 5.06. The molecule has 2 aromatic rings. The van der Waals surface area contributed by atoms with Crippen molar-refractivity contribution in [2.75, 3.05) is 0 Å². The van der Waals surface area contributed by atoms with Gasteiger partial charge in [-0.25, -0.2) is 9.78 Å². The van der Waals surface area contributed by atoms with E-state index in [1.54, 1.807) is 18.2 Å². The third-order valence-corrected chi connectivity index (χ3v) is 2.42. The summed E-state index contributed by atoms with van der Waals surface area (Å²) in [6.45, 7) is 3.82. The lowest BCUT2D eigenvalue weighted by Crippen LogP contribution is -2.06. The molecule has 0 aliphatic heterocycles. The Labute approximate surface area is 91.7 Å². The molecule has 0 fully saturated rings. The van der Waals surface area contributed by atoms with E-state index in [2.05, 4.69) is 4.98 Å². The highest BCUT2D eigenvalue weighted by Crippen LogP contribution is 2.21. The van der Waals surface area contributed by atoms with Gasteiger partial charge in [0.2, 0.25) is 5.89 Å². The number of para-hydroxylation sites is 1. The molecule has 1 heterocycles. The number of nitrogens with zero attached hydrogens (tertiary/aromatic N) is 1. The lowest BCUT2D eigenvalue weighted by atomic mass is 10.2. The van der Waals surface area contributed by atoms with E-state index in [0.29, 0.717) is 21.8 Å². The third kappa shape index (κ3) is 1.75. The largest absolute Gasteiger partial charge is 0.408 e. The molecule has 78 valence electrons. The van der Waals surface area contributed by atoms with Crippen molar-refractivity contribution in [3.05, 3.63) is 39.5 Å². The fourth-order valence-electron chi connectivity index (χ4n) is 1.32. The molecule has 0 aliphatic rings. The summed E-state index contributed by atoms with van der Waals surface area (Å²) >= 11 is 5.96. The molecular formula is C11H10ClNO2. The fourth-order valence-corrected chi connectivity index (χ4v) is 1.54. The summed E-state index contributed by atoms with van der Waals surface area (Å²) in [4.78, 5) is 15.8. The second-order valence-corrected chi connectivity index (χ2v) is 4.04. The van der Waals surface area contributed by atoms with Gasteiger partial charge in [0.05, 0.1) is 15.9 Å². The van der Waals surface area contributed by atoms with Gasteiger partial charge >= 0.3 is 5.63 Å². The third-order valence-electron chi connectivity index (χ3n) is 2.12. The SMILES string of the molecule is CC(C)c1nc2c(Cl)cccc2c(=O)o1. The summed E-state index contributed by atoms with van der Waals surface area (Å²) in [6.07, 6.45) is 0. The van der Waals surface area contributed by atoms with Crippen molar-refractivity contribution >= 4 is 22.5 Å². The van der Waals surface area contributed by atoms with Gasteiger partial charge in [0.15, 0.2) is 0 Å². The van der Waals surface area contributed by atoms with Crippen LogP contribution in [0, 0.1) is 0 Å². The van der Waals surface area contributed by atoms with Crippen molar-refractivity contribution in [2.45, 2.75) is 19.8 Å². The zero-order valence-corrected chi connectivity index (χ0v) is 9.21. The van der Waals surface area contributed by atoms with Gasteiger partial charge in [-0.2, -0.15) is 0 Å². The Balaban J connectivity index is 2.86. The molecule has 0 N–H and O–H groups in total. The Kier molecular flexibility index (Phi) is 2.49. The molecular weight excluding hydrogens is 214 g/mol. The highest BCUT2D eigenvalue weighted by atomic mass is 35.5. The lowest BCUT2D eigenvalue weighted by molar-refractivity contribution is 0.424. The molecule has 0 unspecified atom stereocenters. The van der Waals surface area contributed by atoms with Gasteiger partial charge in [-0.05, 0) is 12.1 Å². The van der Waals surface area contributed by atoms with Gasteiger partial charge in [0.1, 0.15) is 0 Å². The van der Waals surface area contributed by atoms with E-state index in [0.717, 1.165) is 0 Å². The number of fused-ring (bicyclic) bond motifs is 1. The summed E-state index contributed by atoms with van der Waals surface area (Å²) in [5.74, 6) is 0.485. The molecule has 0 aliphatic carbocycles. The summed E-state index contributed by atoms with van der Waals surface area (Å²) in [6, 6.07) is 5.07. The van der Waals surface area contributed by atoms with Crippen molar-refractivity contribution in [1.82, 2.24) is 4.98 Å². The van der Waals surface area contributed by atoms with Crippen LogP contribution in [0.15, 0.2) is 27.4 Å².